The number of benzene rings is 1. The Morgan fingerprint density at radius 3 is 2.38 bits per heavy atom. The summed E-state index contributed by atoms with van der Waals surface area (Å²) in [6.07, 6.45) is 2.72. The summed E-state index contributed by atoms with van der Waals surface area (Å²) in [5.74, 6) is -1.12. The van der Waals surface area contributed by atoms with E-state index in [-0.39, 0.29) is 16.6 Å². The molecule has 0 amide bonds. The highest BCUT2D eigenvalue weighted by Crippen LogP contribution is 2.14. The highest BCUT2D eigenvalue weighted by atomic mass is 32.2. The number of imidazole rings is 1. The second-order valence-corrected chi connectivity index (χ2v) is 6.46. The van der Waals surface area contributed by atoms with Crippen molar-refractivity contribution in [3.05, 3.63) is 42.5 Å². The van der Waals surface area contributed by atoms with Crippen molar-refractivity contribution in [2.75, 3.05) is 0 Å². The zero-order valence-electron chi connectivity index (χ0n) is 11.5. The number of sulfonamides is 1. The van der Waals surface area contributed by atoms with E-state index in [1.807, 2.05) is 0 Å². The number of carboxylic acids is 1. The Labute approximate surface area is 122 Å². The zero-order valence-corrected chi connectivity index (χ0v) is 12.3. The molecular formula is C13H15N3O4S. The summed E-state index contributed by atoms with van der Waals surface area (Å²) in [5.41, 5.74) is 0.548. The summed E-state index contributed by atoms with van der Waals surface area (Å²) in [5, 5.41) is 8.82. The zero-order chi connectivity index (χ0) is 15.6. The average Bonchev–Trinajstić information content (AvgIpc) is 2.87. The van der Waals surface area contributed by atoms with Gasteiger partial charge in [-0.25, -0.2) is 22.9 Å². The van der Waals surface area contributed by atoms with Crippen molar-refractivity contribution in [3.63, 3.8) is 0 Å². The lowest BCUT2D eigenvalue weighted by Crippen LogP contribution is -2.30. The van der Waals surface area contributed by atoms with Gasteiger partial charge in [0.25, 0.3) is 0 Å². The Hall–Kier alpha value is -2.19. The number of carbonyl (C=O) groups is 1. The van der Waals surface area contributed by atoms with Gasteiger partial charge in [0.15, 0.2) is 5.69 Å². The quantitative estimate of drug-likeness (QED) is 0.865. The van der Waals surface area contributed by atoms with Crippen LogP contribution in [0.3, 0.4) is 0 Å². The normalized spacial score (nSPS) is 11.8. The number of hydrogen-bond donors (Lipinski definition) is 2. The van der Waals surface area contributed by atoms with Crippen LogP contribution in [-0.4, -0.2) is 35.1 Å². The maximum atomic E-state index is 12.0. The van der Waals surface area contributed by atoms with Crippen LogP contribution >= 0.6 is 0 Å². The van der Waals surface area contributed by atoms with E-state index >= 15 is 0 Å². The van der Waals surface area contributed by atoms with Crippen LogP contribution in [0.4, 0.5) is 0 Å². The van der Waals surface area contributed by atoms with Gasteiger partial charge < -0.3 is 9.67 Å². The number of nitrogens with one attached hydrogen (secondary N) is 1. The lowest BCUT2D eigenvalue weighted by molar-refractivity contribution is 0.0691. The van der Waals surface area contributed by atoms with E-state index in [4.69, 9.17) is 5.11 Å². The van der Waals surface area contributed by atoms with Gasteiger partial charge in [0, 0.05) is 17.9 Å². The van der Waals surface area contributed by atoms with E-state index in [1.165, 1.54) is 29.2 Å². The number of hydrogen-bond acceptors (Lipinski definition) is 4. The first-order valence-corrected chi connectivity index (χ1v) is 7.68. The van der Waals surface area contributed by atoms with Crippen LogP contribution < -0.4 is 4.72 Å². The molecule has 8 heteroatoms. The number of rotatable bonds is 5. The number of aromatic nitrogens is 2. The van der Waals surface area contributed by atoms with Crippen molar-refractivity contribution in [1.82, 2.24) is 14.3 Å². The molecule has 0 saturated carbocycles. The number of aromatic carboxylic acids is 1. The van der Waals surface area contributed by atoms with Crippen LogP contribution in [0.1, 0.15) is 24.3 Å². The van der Waals surface area contributed by atoms with E-state index in [0.717, 1.165) is 0 Å². The summed E-state index contributed by atoms with van der Waals surface area (Å²) in [6, 6.07) is 5.90. The molecule has 1 heterocycles. The molecule has 7 nitrogen and oxygen atoms in total. The highest BCUT2D eigenvalue weighted by Gasteiger charge is 2.15. The lowest BCUT2D eigenvalue weighted by atomic mass is 10.3. The molecule has 1 aromatic heterocycles. The van der Waals surface area contributed by atoms with Crippen LogP contribution in [0.5, 0.6) is 0 Å². The van der Waals surface area contributed by atoms with Crippen LogP contribution in [-0.2, 0) is 10.0 Å². The molecule has 0 bridgehead atoms. The third kappa shape index (κ3) is 3.47. The summed E-state index contributed by atoms with van der Waals surface area (Å²) in [6.45, 7) is 3.48. The molecule has 2 rings (SSSR count). The molecule has 21 heavy (non-hydrogen) atoms. The number of nitrogens with zero attached hydrogens (tertiary/aromatic N) is 2. The van der Waals surface area contributed by atoms with Gasteiger partial charge in [-0.05, 0) is 38.1 Å². The van der Waals surface area contributed by atoms with Crippen molar-refractivity contribution in [2.24, 2.45) is 0 Å². The summed E-state index contributed by atoms with van der Waals surface area (Å²) < 4.78 is 28.0. The summed E-state index contributed by atoms with van der Waals surface area (Å²) in [7, 11) is -3.54. The lowest BCUT2D eigenvalue weighted by Gasteiger charge is -2.10. The first kappa shape index (κ1) is 15.2. The third-order valence-electron chi connectivity index (χ3n) is 2.64. The van der Waals surface area contributed by atoms with E-state index in [9.17, 15) is 13.2 Å². The second kappa shape index (κ2) is 5.66. The Kier molecular flexibility index (Phi) is 4.10. The summed E-state index contributed by atoms with van der Waals surface area (Å²) >= 11 is 0. The van der Waals surface area contributed by atoms with E-state index < -0.39 is 16.0 Å². The molecule has 1 aromatic carbocycles. The smallest absolute Gasteiger partial charge is 0.356 e. The first-order valence-electron chi connectivity index (χ1n) is 6.19. The fraction of sp³-hybridized carbons (Fsp3) is 0.231. The minimum atomic E-state index is -3.54. The Morgan fingerprint density at radius 1 is 1.29 bits per heavy atom. The molecule has 0 radical (unpaired) electrons. The molecule has 0 aliphatic carbocycles. The largest absolute Gasteiger partial charge is 0.476 e. The topological polar surface area (TPSA) is 101 Å². The fourth-order valence-electron chi connectivity index (χ4n) is 1.75. The van der Waals surface area contributed by atoms with Crippen LogP contribution in [0.25, 0.3) is 5.69 Å². The molecular weight excluding hydrogens is 294 g/mol. The van der Waals surface area contributed by atoms with Crippen LogP contribution in [0.15, 0.2) is 41.7 Å². The molecule has 0 fully saturated rings. The van der Waals surface area contributed by atoms with Crippen molar-refractivity contribution < 1.29 is 18.3 Å². The van der Waals surface area contributed by atoms with E-state index in [0.29, 0.717) is 5.69 Å². The number of carboxylic acid groups (broad SMARTS) is 1. The molecule has 0 unspecified atom stereocenters. The monoisotopic (exact) mass is 309 g/mol. The molecule has 0 spiro atoms. The van der Waals surface area contributed by atoms with Gasteiger partial charge in [-0.3, -0.25) is 0 Å². The maximum Gasteiger partial charge on any atom is 0.356 e. The minimum Gasteiger partial charge on any atom is -0.476 e. The predicted molar refractivity (Wildman–Crippen MR) is 76.0 cm³/mol. The predicted octanol–water partition coefficient (Wildman–Crippen LogP) is 1.26. The molecule has 2 aromatic rings. The van der Waals surface area contributed by atoms with Gasteiger partial charge in [0.1, 0.15) is 6.33 Å². The van der Waals surface area contributed by atoms with Crippen LogP contribution in [0, 0.1) is 0 Å². The van der Waals surface area contributed by atoms with Crippen molar-refractivity contribution in [3.8, 4) is 5.69 Å². The Morgan fingerprint density at radius 2 is 1.90 bits per heavy atom. The van der Waals surface area contributed by atoms with Gasteiger partial charge in [-0.1, -0.05) is 0 Å². The molecule has 0 atom stereocenters. The molecule has 2 N–H and O–H groups in total. The molecule has 112 valence electrons. The second-order valence-electron chi connectivity index (χ2n) is 4.74. The van der Waals surface area contributed by atoms with Crippen molar-refractivity contribution >= 4 is 16.0 Å². The van der Waals surface area contributed by atoms with Gasteiger partial charge in [0.2, 0.25) is 10.0 Å². The highest BCUT2D eigenvalue weighted by molar-refractivity contribution is 7.89. The van der Waals surface area contributed by atoms with Gasteiger partial charge in [-0.2, -0.15) is 0 Å². The SMILES string of the molecule is CC(C)NS(=O)(=O)c1ccc(-n2cnc(C(=O)O)c2)cc1. The Balaban J connectivity index is 2.28. The van der Waals surface area contributed by atoms with Gasteiger partial charge in [-0.15, -0.1) is 0 Å². The van der Waals surface area contributed by atoms with Crippen molar-refractivity contribution in [2.45, 2.75) is 24.8 Å². The molecule has 0 saturated heterocycles. The third-order valence-corrected chi connectivity index (χ3v) is 4.31. The first-order chi connectivity index (χ1) is 9.79. The maximum absolute atomic E-state index is 12.0. The molecule has 0 aliphatic rings. The summed E-state index contributed by atoms with van der Waals surface area (Å²) in [4.78, 5) is 14.7. The standard InChI is InChI=1S/C13H15N3O4S/c1-9(2)15-21(19,20)11-5-3-10(4-6-11)16-7-12(13(17)18)14-8-16/h3-9,15H,1-2H3,(H,17,18). The van der Waals surface area contributed by atoms with E-state index in [2.05, 4.69) is 9.71 Å². The van der Waals surface area contributed by atoms with Gasteiger partial charge in [0.05, 0.1) is 4.90 Å². The van der Waals surface area contributed by atoms with Crippen LogP contribution in [0.2, 0.25) is 0 Å². The fourth-order valence-corrected chi connectivity index (χ4v) is 3.00. The average molecular weight is 309 g/mol. The minimum absolute atomic E-state index is 0.0758. The molecule has 0 aliphatic heterocycles. The Bertz CT molecular complexity index is 748. The van der Waals surface area contributed by atoms with Crippen molar-refractivity contribution in [1.29, 1.82) is 0 Å². The van der Waals surface area contributed by atoms with E-state index in [1.54, 1.807) is 26.0 Å². The van der Waals surface area contributed by atoms with Gasteiger partial charge >= 0.3 is 5.97 Å².